The summed E-state index contributed by atoms with van der Waals surface area (Å²) in [5, 5.41) is 3.09. The van der Waals surface area contributed by atoms with Crippen molar-refractivity contribution >= 4 is 5.91 Å². The van der Waals surface area contributed by atoms with Crippen LogP contribution in [0.5, 0.6) is 0 Å². The summed E-state index contributed by atoms with van der Waals surface area (Å²) in [6.07, 6.45) is 1.92. The van der Waals surface area contributed by atoms with Gasteiger partial charge < -0.3 is 5.32 Å². The average molecular weight is 167 g/mol. The molecule has 3 fully saturated rings. The molecule has 0 aromatic rings. The Morgan fingerprint density at radius 3 is 2.75 bits per heavy atom. The predicted octanol–water partition coefficient (Wildman–Crippen LogP) is 1.56. The van der Waals surface area contributed by atoms with Crippen molar-refractivity contribution in [1.29, 1.82) is 0 Å². The van der Waals surface area contributed by atoms with Gasteiger partial charge in [-0.15, -0.1) is 0 Å². The van der Waals surface area contributed by atoms with Crippen molar-refractivity contribution in [1.82, 2.24) is 5.32 Å². The molecule has 1 saturated carbocycles. The molecule has 3 rings (SSSR count). The first kappa shape index (κ1) is 8.09. The summed E-state index contributed by atoms with van der Waals surface area (Å²) in [6, 6.07) is 0.444. The molecule has 1 amide bonds. The first-order chi connectivity index (χ1) is 5.51. The summed E-state index contributed by atoms with van der Waals surface area (Å²) in [5.74, 6) is 1.57. The Bertz CT molecular complexity index is 222. The maximum atomic E-state index is 11.3. The zero-order valence-electron chi connectivity index (χ0n) is 8.05. The van der Waals surface area contributed by atoms with Gasteiger partial charge in [-0.1, -0.05) is 20.8 Å². The van der Waals surface area contributed by atoms with E-state index in [9.17, 15) is 4.79 Å². The molecule has 3 unspecified atom stereocenters. The van der Waals surface area contributed by atoms with Gasteiger partial charge in [-0.05, 0) is 23.7 Å². The highest BCUT2D eigenvalue weighted by Crippen LogP contribution is 2.52. The number of nitrogens with one attached hydrogen (secondary N) is 1. The summed E-state index contributed by atoms with van der Waals surface area (Å²) < 4.78 is 0. The van der Waals surface area contributed by atoms with Gasteiger partial charge in [-0.3, -0.25) is 4.79 Å². The zero-order chi connectivity index (χ0) is 8.93. The van der Waals surface area contributed by atoms with Gasteiger partial charge in [0.25, 0.3) is 0 Å². The molecule has 2 bridgehead atoms. The van der Waals surface area contributed by atoms with Crippen LogP contribution in [0, 0.1) is 17.3 Å². The molecule has 0 radical (unpaired) electrons. The van der Waals surface area contributed by atoms with Crippen molar-refractivity contribution < 1.29 is 4.79 Å². The maximum absolute atomic E-state index is 11.3. The fourth-order valence-electron chi connectivity index (χ4n) is 2.86. The lowest BCUT2D eigenvalue weighted by Crippen LogP contribution is -2.56. The van der Waals surface area contributed by atoms with E-state index in [-0.39, 0.29) is 5.91 Å². The van der Waals surface area contributed by atoms with Crippen LogP contribution in [0.2, 0.25) is 0 Å². The number of carbonyl (C=O) groups is 1. The lowest BCUT2D eigenvalue weighted by Gasteiger charge is -2.52. The highest BCUT2D eigenvalue weighted by atomic mass is 16.1. The molecule has 2 saturated heterocycles. The Labute approximate surface area is 73.7 Å². The zero-order valence-corrected chi connectivity index (χ0v) is 8.05. The standard InChI is InChI=1S/C10H17NO/c1-6-4-9(12)11-8-5-7(6)10(8,2)3/h6-8H,4-5H2,1-3H3,(H,11,12). The highest BCUT2D eigenvalue weighted by Gasteiger charge is 2.52. The minimum atomic E-state index is 0.251. The molecule has 0 aromatic carbocycles. The molecule has 1 N–H and O–H groups in total. The molecule has 3 atom stereocenters. The van der Waals surface area contributed by atoms with Gasteiger partial charge in [0.15, 0.2) is 0 Å². The maximum Gasteiger partial charge on any atom is 0.220 e. The number of hydrogen-bond acceptors (Lipinski definition) is 1. The van der Waals surface area contributed by atoms with Crippen molar-refractivity contribution in [2.45, 2.75) is 39.7 Å². The second-order valence-corrected chi connectivity index (χ2v) is 4.97. The van der Waals surface area contributed by atoms with E-state index in [4.69, 9.17) is 0 Å². The normalized spacial score (nSPS) is 44.2. The molecule has 12 heavy (non-hydrogen) atoms. The minimum Gasteiger partial charge on any atom is -0.353 e. The van der Waals surface area contributed by atoms with E-state index in [0.29, 0.717) is 17.4 Å². The molecule has 2 heteroatoms. The fourth-order valence-corrected chi connectivity index (χ4v) is 2.86. The lowest BCUT2D eigenvalue weighted by atomic mass is 9.55. The van der Waals surface area contributed by atoms with E-state index in [1.54, 1.807) is 0 Å². The van der Waals surface area contributed by atoms with Crippen molar-refractivity contribution in [2.24, 2.45) is 17.3 Å². The van der Waals surface area contributed by atoms with Crippen molar-refractivity contribution in [2.75, 3.05) is 0 Å². The van der Waals surface area contributed by atoms with Gasteiger partial charge in [0.1, 0.15) is 0 Å². The summed E-state index contributed by atoms with van der Waals surface area (Å²) in [5.41, 5.74) is 0.339. The summed E-state index contributed by atoms with van der Waals surface area (Å²) >= 11 is 0. The first-order valence-electron chi connectivity index (χ1n) is 4.81. The number of hydrogen-bond donors (Lipinski definition) is 1. The monoisotopic (exact) mass is 167 g/mol. The SMILES string of the molecule is CC1CC(=O)NC2CC1C2(C)C. The van der Waals surface area contributed by atoms with Crippen LogP contribution >= 0.6 is 0 Å². The minimum absolute atomic E-state index is 0.251. The van der Waals surface area contributed by atoms with E-state index < -0.39 is 0 Å². The molecule has 2 heterocycles. The van der Waals surface area contributed by atoms with Crippen LogP contribution in [0.4, 0.5) is 0 Å². The van der Waals surface area contributed by atoms with Crippen LogP contribution < -0.4 is 5.32 Å². The highest BCUT2D eigenvalue weighted by molar-refractivity contribution is 5.77. The third kappa shape index (κ3) is 0.900. The van der Waals surface area contributed by atoms with Crippen molar-refractivity contribution in [3.8, 4) is 0 Å². The van der Waals surface area contributed by atoms with Crippen LogP contribution in [0.3, 0.4) is 0 Å². The van der Waals surface area contributed by atoms with Crippen LogP contribution in [-0.2, 0) is 4.79 Å². The smallest absolute Gasteiger partial charge is 0.220 e. The Morgan fingerprint density at radius 1 is 1.50 bits per heavy atom. The Hall–Kier alpha value is -0.530. The number of fused-ring (bicyclic) bond motifs is 3. The Morgan fingerprint density at radius 2 is 2.17 bits per heavy atom. The van der Waals surface area contributed by atoms with Crippen LogP contribution in [0.15, 0.2) is 0 Å². The molecule has 0 spiro atoms. The largest absolute Gasteiger partial charge is 0.353 e. The average Bonchev–Trinajstić information content (AvgIpc) is 2.14. The van der Waals surface area contributed by atoms with E-state index >= 15 is 0 Å². The second kappa shape index (κ2) is 2.24. The van der Waals surface area contributed by atoms with E-state index in [2.05, 4.69) is 26.1 Å². The molecule has 68 valence electrons. The van der Waals surface area contributed by atoms with Gasteiger partial charge in [0, 0.05) is 12.5 Å². The van der Waals surface area contributed by atoms with Crippen LogP contribution in [-0.4, -0.2) is 11.9 Å². The van der Waals surface area contributed by atoms with Crippen LogP contribution in [0.1, 0.15) is 33.6 Å². The topological polar surface area (TPSA) is 29.1 Å². The predicted molar refractivity (Wildman–Crippen MR) is 47.6 cm³/mol. The van der Waals surface area contributed by atoms with Crippen molar-refractivity contribution in [3.05, 3.63) is 0 Å². The van der Waals surface area contributed by atoms with Gasteiger partial charge >= 0.3 is 0 Å². The number of carbonyl (C=O) groups excluding carboxylic acids is 1. The van der Waals surface area contributed by atoms with E-state index in [1.165, 1.54) is 6.42 Å². The molecule has 3 aliphatic rings. The number of amides is 1. The molecular weight excluding hydrogens is 150 g/mol. The van der Waals surface area contributed by atoms with E-state index in [0.717, 1.165) is 12.3 Å². The molecule has 2 aliphatic heterocycles. The third-order valence-corrected chi connectivity index (χ3v) is 3.87. The van der Waals surface area contributed by atoms with Crippen LogP contribution in [0.25, 0.3) is 0 Å². The quantitative estimate of drug-likeness (QED) is 0.583. The molecule has 0 aromatic heterocycles. The summed E-state index contributed by atoms with van der Waals surface area (Å²) in [6.45, 7) is 6.75. The summed E-state index contributed by atoms with van der Waals surface area (Å²) in [4.78, 5) is 11.3. The van der Waals surface area contributed by atoms with Crippen molar-refractivity contribution in [3.63, 3.8) is 0 Å². The Kier molecular flexibility index (Phi) is 1.51. The van der Waals surface area contributed by atoms with Gasteiger partial charge in [0.2, 0.25) is 5.91 Å². The second-order valence-electron chi connectivity index (χ2n) is 4.97. The summed E-state index contributed by atoms with van der Waals surface area (Å²) in [7, 11) is 0. The van der Waals surface area contributed by atoms with Gasteiger partial charge in [-0.2, -0.15) is 0 Å². The Balaban J connectivity index is 2.23. The van der Waals surface area contributed by atoms with E-state index in [1.807, 2.05) is 0 Å². The third-order valence-electron chi connectivity index (χ3n) is 3.87. The van der Waals surface area contributed by atoms with Gasteiger partial charge in [-0.25, -0.2) is 0 Å². The molecule has 2 nitrogen and oxygen atoms in total. The fraction of sp³-hybridized carbons (Fsp3) is 0.900. The molecular formula is C10H17NO. The lowest BCUT2D eigenvalue weighted by molar-refractivity contribution is -0.122. The van der Waals surface area contributed by atoms with Gasteiger partial charge in [0.05, 0.1) is 0 Å². The first-order valence-corrected chi connectivity index (χ1v) is 4.81. The number of rotatable bonds is 0. The molecule has 1 aliphatic carbocycles.